The Morgan fingerprint density at radius 2 is 0.968 bits per heavy atom. The Labute approximate surface area is 351 Å². The highest BCUT2D eigenvalue weighted by Crippen LogP contribution is 2.35. The molecule has 2 aliphatic rings. The van der Waals surface area contributed by atoms with Gasteiger partial charge in [-0.15, -0.1) is 0 Å². The number of imide groups is 1. The zero-order chi connectivity index (χ0) is 46.8. The van der Waals surface area contributed by atoms with E-state index in [2.05, 4.69) is 15.3 Å². The van der Waals surface area contributed by atoms with Crippen LogP contribution in [0.4, 0.5) is 0 Å². The number of nitrogens with one attached hydrogen (secondary N) is 1. The Morgan fingerprint density at radius 1 is 0.613 bits per heavy atom. The smallest absolute Gasteiger partial charge is 0.303 e. The lowest BCUT2D eigenvalue weighted by atomic mass is 9.96. The molecule has 62 heavy (non-hydrogen) atoms. The van der Waals surface area contributed by atoms with E-state index in [1.54, 1.807) is 20.8 Å². The summed E-state index contributed by atoms with van der Waals surface area (Å²) < 4.78 is 44.1. The fourth-order valence-corrected chi connectivity index (χ4v) is 5.76. The maximum atomic E-state index is 13.1. The minimum absolute atomic E-state index is 0.329. The predicted molar refractivity (Wildman–Crippen MR) is 201 cm³/mol. The first kappa shape index (κ1) is 49.5. The summed E-state index contributed by atoms with van der Waals surface area (Å²) >= 11 is 0. The van der Waals surface area contributed by atoms with Crippen molar-refractivity contribution >= 4 is 53.5 Å². The number of carbonyl (C=O) groups excluding carboxylic acids is 9. The summed E-state index contributed by atoms with van der Waals surface area (Å²) in [5.41, 5.74) is 1.20. The highest BCUT2D eigenvalue weighted by Gasteiger charge is 2.52. The zero-order valence-electron chi connectivity index (χ0n) is 35.0. The molecule has 338 valence electrons. The highest BCUT2D eigenvalue weighted by atomic mass is 16.7. The molecule has 8 atom stereocenters. The van der Waals surface area contributed by atoms with E-state index in [1.807, 2.05) is 0 Å². The molecular formula is C37H46N6O19. The Balaban J connectivity index is 0.000000336. The normalized spacial score (nSPS) is 22.7. The molecule has 4 rings (SSSR count). The van der Waals surface area contributed by atoms with Crippen LogP contribution in [0, 0.1) is 5.41 Å². The van der Waals surface area contributed by atoms with Gasteiger partial charge < -0.3 is 43.6 Å². The van der Waals surface area contributed by atoms with E-state index in [-0.39, 0.29) is 13.2 Å². The van der Waals surface area contributed by atoms with Crippen LogP contribution in [0.2, 0.25) is 0 Å². The topological polar surface area (TPSA) is 335 Å². The van der Waals surface area contributed by atoms with Crippen LogP contribution in [0.1, 0.15) is 95.7 Å². The standard InChI is InChI=1S/C21H27N3O10.C16H19N3O9/c1-10(25)31-9-13-15(32-11(2)26)16(33-12(3)27)19(34-13)24-8-7-22-14(18(24)29)17(28)23-20(30)21(4,5)6;1-7(20)25-6-10-12(26-8(2)21)13(27-9(3)22)16(28-10)19-5-4-18-11(14(17)23)15(19)24/h7-8,13,15-16,19H,9H2,1-6H3,(H,23,28,30);4-5,10,12-13,16H,6H2,1-3H3,(H2,17,23)/t13-,15-,16?,19-;10-,12-,13?,16-/m11/s1. The number of primary amides is 1. The summed E-state index contributed by atoms with van der Waals surface area (Å²) in [7, 11) is 0. The molecule has 0 radical (unpaired) electrons. The quantitative estimate of drug-likeness (QED) is 0.182. The largest absolute Gasteiger partial charge is 0.463 e. The third kappa shape index (κ3) is 13.1. The van der Waals surface area contributed by atoms with E-state index in [4.69, 9.17) is 43.6 Å². The lowest BCUT2D eigenvalue weighted by Gasteiger charge is -2.24. The van der Waals surface area contributed by atoms with Crippen LogP contribution in [-0.4, -0.2) is 122 Å². The summed E-state index contributed by atoms with van der Waals surface area (Å²) in [5.74, 6) is -6.91. The minimum Gasteiger partial charge on any atom is -0.463 e. The van der Waals surface area contributed by atoms with E-state index in [9.17, 15) is 52.7 Å². The first-order valence-corrected chi connectivity index (χ1v) is 18.4. The summed E-state index contributed by atoms with van der Waals surface area (Å²) in [5, 5.41) is 2.11. The van der Waals surface area contributed by atoms with Gasteiger partial charge in [-0.2, -0.15) is 0 Å². The van der Waals surface area contributed by atoms with E-state index in [0.717, 1.165) is 56.1 Å². The fraction of sp³-hybridized carbons (Fsp3) is 0.541. The van der Waals surface area contributed by atoms with Gasteiger partial charge in [0.2, 0.25) is 5.91 Å². The third-order valence-electron chi connectivity index (χ3n) is 8.32. The fourth-order valence-electron chi connectivity index (χ4n) is 5.76. The van der Waals surface area contributed by atoms with Gasteiger partial charge in [-0.1, -0.05) is 20.8 Å². The number of nitrogens with zero attached hydrogens (tertiary/aromatic N) is 4. The van der Waals surface area contributed by atoms with Crippen LogP contribution in [0.15, 0.2) is 34.4 Å². The van der Waals surface area contributed by atoms with Crippen molar-refractivity contribution in [3.8, 4) is 0 Å². The van der Waals surface area contributed by atoms with E-state index >= 15 is 0 Å². The molecule has 4 heterocycles. The number of nitrogens with two attached hydrogens (primary N) is 1. The molecule has 0 saturated carbocycles. The Hall–Kier alpha value is -6.89. The second kappa shape index (κ2) is 21.1. The van der Waals surface area contributed by atoms with Crippen LogP contribution >= 0.6 is 0 Å². The molecular weight excluding hydrogens is 832 g/mol. The molecule has 25 nitrogen and oxygen atoms in total. The highest BCUT2D eigenvalue weighted by molar-refractivity contribution is 6.04. The number of amides is 3. The summed E-state index contributed by atoms with van der Waals surface area (Å²) in [6.07, 6.45) is -5.18. The van der Waals surface area contributed by atoms with Crippen LogP contribution in [0.25, 0.3) is 0 Å². The molecule has 3 N–H and O–H groups in total. The molecule has 2 aromatic rings. The number of ether oxygens (including phenoxy) is 8. The third-order valence-corrected chi connectivity index (χ3v) is 8.32. The van der Waals surface area contributed by atoms with Gasteiger partial charge in [-0.25, -0.2) is 9.97 Å². The average Bonchev–Trinajstić information content (AvgIpc) is 3.64. The zero-order valence-corrected chi connectivity index (χ0v) is 35.0. The van der Waals surface area contributed by atoms with Gasteiger partial charge in [-0.3, -0.25) is 67.2 Å². The number of hydrogen-bond donors (Lipinski definition) is 2. The average molecular weight is 879 g/mol. The molecule has 0 aromatic carbocycles. The van der Waals surface area contributed by atoms with Gasteiger partial charge in [0, 0.05) is 71.7 Å². The molecule has 3 amide bonds. The summed E-state index contributed by atoms with van der Waals surface area (Å²) in [6, 6.07) is 0. The van der Waals surface area contributed by atoms with Gasteiger partial charge in [-0.05, 0) is 0 Å². The summed E-state index contributed by atoms with van der Waals surface area (Å²) in [6.45, 7) is 10.9. The van der Waals surface area contributed by atoms with Gasteiger partial charge >= 0.3 is 35.8 Å². The lowest BCUT2D eigenvalue weighted by Crippen LogP contribution is -2.44. The van der Waals surface area contributed by atoms with Crippen molar-refractivity contribution in [2.45, 2.75) is 111 Å². The van der Waals surface area contributed by atoms with Crippen molar-refractivity contribution in [1.29, 1.82) is 0 Å². The second-order valence-corrected chi connectivity index (χ2v) is 14.4. The first-order chi connectivity index (χ1) is 28.8. The number of esters is 6. The Bertz CT molecular complexity index is 2200. The molecule has 0 spiro atoms. The maximum Gasteiger partial charge on any atom is 0.303 e. The van der Waals surface area contributed by atoms with Gasteiger partial charge in [0.1, 0.15) is 25.4 Å². The van der Waals surface area contributed by atoms with Crippen LogP contribution in [0.3, 0.4) is 0 Å². The second-order valence-electron chi connectivity index (χ2n) is 14.4. The summed E-state index contributed by atoms with van der Waals surface area (Å²) in [4.78, 5) is 138. The molecule has 0 aliphatic carbocycles. The SMILES string of the molecule is CC(=O)OC[C@H]1O[C@@H](n2ccnc(C(=O)NC(=O)C(C)(C)C)c2=O)C(OC(C)=O)[C@@H]1OC(C)=O.CC(=O)OC[C@H]1O[C@@H](n2ccnc(C(N)=O)c2=O)C(OC(C)=O)[C@@H]1OC(C)=O. The van der Waals surface area contributed by atoms with E-state index in [0.29, 0.717) is 0 Å². The number of hydrogen-bond acceptors (Lipinski definition) is 21. The molecule has 2 saturated heterocycles. The van der Waals surface area contributed by atoms with Crippen LogP contribution < -0.4 is 22.2 Å². The van der Waals surface area contributed by atoms with Gasteiger partial charge in [0.15, 0.2) is 48.3 Å². The maximum absolute atomic E-state index is 13.1. The predicted octanol–water partition coefficient (Wildman–Crippen LogP) is -1.46. The van der Waals surface area contributed by atoms with Crippen molar-refractivity contribution in [3.05, 3.63) is 56.9 Å². The van der Waals surface area contributed by atoms with Crippen molar-refractivity contribution in [2.24, 2.45) is 11.1 Å². The van der Waals surface area contributed by atoms with E-state index < -0.39 is 131 Å². The molecule has 2 fully saturated rings. The van der Waals surface area contributed by atoms with Crippen molar-refractivity contribution in [2.75, 3.05) is 13.2 Å². The molecule has 2 unspecified atom stereocenters. The van der Waals surface area contributed by atoms with Crippen molar-refractivity contribution < 1.29 is 81.0 Å². The molecule has 0 bridgehead atoms. The minimum atomic E-state index is -1.37. The molecule has 25 heteroatoms. The van der Waals surface area contributed by atoms with Gasteiger partial charge in [0.05, 0.1) is 0 Å². The van der Waals surface area contributed by atoms with Crippen molar-refractivity contribution in [1.82, 2.24) is 24.4 Å². The Kier molecular flexibility index (Phi) is 16.8. The number of carbonyl (C=O) groups is 9. The number of rotatable bonds is 12. The Morgan fingerprint density at radius 3 is 1.31 bits per heavy atom. The number of aromatic nitrogens is 4. The lowest BCUT2D eigenvalue weighted by molar-refractivity contribution is -0.166. The van der Waals surface area contributed by atoms with E-state index in [1.165, 1.54) is 19.3 Å². The first-order valence-electron chi connectivity index (χ1n) is 18.4. The van der Waals surface area contributed by atoms with Crippen LogP contribution in [-0.2, 0) is 71.5 Å². The molecule has 2 aliphatic heterocycles. The molecule has 2 aromatic heterocycles. The van der Waals surface area contributed by atoms with Crippen LogP contribution in [0.5, 0.6) is 0 Å². The monoisotopic (exact) mass is 878 g/mol. The van der Waals surface area contributed by atoms with Crippen molar-refractivity contribution in [3.63, 3.8) is 0 Å². The van der Waals surface area contributed by atoms with Gasteiger partial charge in [0.25, 0.3) is 22.9 Å².